The average molecular weight is 457 g/mol. The molecule has 3 aromatic rings. The first-order valence-corrected chi connectivity index (χ1v) is 11.7. The van der Waals surface area contributed by atoms with Crippen molar-refractivity contribution >= 4 is 33.5 Å². The van der Waals surface area contributed by atoms with Crippen molar-refractivity contribution in [2.45, 2.75) is 16.3 Å². The maximum absolute atomic E-state index is 11.1. The summed E-state index contributed by atoms with van der Waals surface area (Å²) >= 11 is 0. The van der Waals surface area contributed by atoms with Gasteiger partial charge in [0.25, 0.3) is 0 Å². The summed E-state index contributed by atoms with van der Waals surface area (Å²) in [7, 11) is 9.07. The van der Waals surface area contributed by atoms with Gasteiger partial charge in [-0.15, -0.1) is 0 Å². The van der Waals surface area contributed by atoms with Crippen molar-refractivity contribution in [3.8, 4) is 0 Å². The minimum Gasteiger partial charge on any atom is -0.478 e. The third kappa shape index (κ3) is 8.49. The van der Waals surface area contributed by atoms with E-state index in [2.05, 4.69) is 51.5 Å². The van der Waals surface area contributed by atoms with Crippen molar-refractivity contribution < 1.29 is 24.3 Å². The van der Waals surface area contributed by atoms with Crippen molar-refractivity contribution in [2.75, 3.05) is 21.1 Å². The van der Waals surface area contributed by atoms with Gasteiger partial charge >= 0.3 is 11.9 Å². The third-order valence-electron chi connectivity index (χ3n) is 3.96. The molecule has 0 fully saturated rings. The maximum Gasteiger partial charge on any atom is 0.336 e. The van der Waals surface area contributed by atoms with E-state index in [1.807, 2.05) is 0 Å². The number of nitrogens with zero attached hydrogens (tertiary/aromatic N) is 1. The number of benzene rings is 3. The zero-order valence-corrected chi connectivity index (χ0v) is 19.3. The summed E-state index contributed by atoms with van der Waals surface area (Å²) in [6.45, 7) is 1.10. The van der Waals surface area contributed by atoms with Gasteiger partial charge in [-0.1, -0.05) is 76.2 Å². The Labute approximate surface area is 190 Å². The highest BCUT2D eigenvalue weighted by Gasteiger charge is 2.13. The highest BCUT2D eigenvalue weighted by Crippen LogP contribution is 2.40. The number of quaternary nitrogens is 1. The van der Waals surface area contributed by atoms with Crippen LogP contribution in [0.2, 0.25) is 0 Å². The van der Waals surface area contributed by atoms with E-state index in [0.717, 1.165) is 11.0 Å². The van der Waals surface area contributed by atoms with Crippen LogP contribution in [-0.4, -0.2) is 47.8 Å². The minimum atomic E-state index is -1.000. The van der Waals surface area contributed by atoms with Gasteiger partial charge in [-0.3, -0.25) is 0 Å². The Bertz CT molecular complexity index is 960. The Morgan fingerprint density at radius 3 is 1.45 bits per heavy atom. The van der Waals surface area contributed by atoms with E-state index >= 15 is 0 Å². The highest BCUT2D eigenvalue weighted by molar-refractivity contribution is 8.76. The first kappa shape index (κ1) is 24.5. The molecule has 3 rings (SSSR count). The predicted octanol–water partition coefficient (Wildman–Crippen LogP) is 5.78. The summed E-state index contributed by atoms with van der Waals surface area (Å²) in [5.41, 5.74) is 1.82. The molecular weight excluding hydrogens is 430 g/mol. The number of carbonyl (C=O) groups is 2. The van der Waals surface area contributed by atoms with Gasteiger partial charge in [-0.2, -0.15) is 0 Å². The molecule has 0 radical (unpaired) electrons. The Balaban J connectivity index is 0.000000262. The van der Waals surface area contributed by atoms with E-state index in [4.69, 9.17) is 10.2 Å². The van der Waals surface area contributed by atoms with Crippen molar-refractivity contribution in [1.82, 2.24) is 0 Å². The molecule has 0 aliphatic heterocycles. The van der Waals surface area contributed by atoms with Crippen LogP contribution in [0.3, 0.4) is 0 Å². The van der Waals surface area contributed by atoms with Crippen molar-refractivity contribution in [1.29, 1.82) is 0 Å². The summed E-state index contributed by atoms with van der Waals surface area (Å²) in [5, 5.41) is 18.2. The van der Waals surface area contributed by atoms with E-state index in [1.54, 1.807) is 36.4 Å². The third-order valence-corrected chi connectivity index (χ3v) is 6.44. The van der Waals surface area contributed by atoms with Crippen LogP contribution < -0.4 is 0 Å². The molecule has 0 spiro atoms. The summed E-state index contributed by atoms with van der Waals surface area (Å²) in [4.78, 5) is 23.4. The summed E-state index contributed by atoms with van der Waals surface area (Å²) in [6.07, 6.45) is 0. The molecule has 0 heterocycles. The Hall–Kier alpha value is -2.74. The average Bonchev–Trinajstić information content (AvgIpc) is 2.72. The van der Waals surface area contributed by atoms with E-state index in [-0.39, 0.29) is 11.1 Å². The standard InChI is InChI=1S/C14H10O4S2.C10H16N/c15-13(16)9-5-1-3-7-11(9)19-20-12-8-4-2-6-10(12)14(17)18;1-11(2,3)9-10-7-5-4-6-8-10/h1-8H,(H,15,16)(H,17,18);4-8H,9H2,1-3H3/q;+1. The van der Waals surface area contributed by atoms with E-state index in [0.29, 0.717) is 9.79 Å². The van der Waals surface area contributed by atoms with Crippen LogP contribution >= 0.6 is 21.6 Å². The van der Waals surface area contributed by atoms with E-state index in [1.165, 1.54) is 39.3 Å². The second kappa shape index (κ2) is 11.6. The van der Waals surface area contributed by atoms with Crippen LogP contribution in [0, 0.1) is 0 Å². The number of carboxylic acid groups (broad SMARTS) is 2. The van der Waals surface area contributed by atoms with Crippen LogP contribution in [0.5, 0.6) is 0 Å². The van der Waals surface area contributed by atoms with Crippen LogP contribution in [0.1, 0.15) is 26.3 Å². The smallest absolute Gasteiger partial charge is 0.336 e. The van der Waals surface area contributed by atoms with Gasteiger partial charge in [0, 0.05) is 15.4 Å². The largest absolute Gasteiger partial charge is 0.478 e. The van der Waals surface area contributed by atoms with Gasteiger partial charge in [0.2, 0.25) is 0 Å². The fraction of sp³-hybridized carbons (Fsp3) is 0.167. The molecule has 0 atom stereocenters. The molecular formula is C24H26NO4S2+. The van der Waals surface area contributed by atoms with Crippen molar-refractivity contribution in [2.24, 2.45) is 0 Å². The topological polar surface area (TPSA) is 74.6 Å². The summed E-state index contributed by atoms with van der Waals surface area (Å²) < 4.78 is 0.990. The van der Waals surface area contributed by atoms with Gasteiger partial charge in [0.15, 0.2) is 0 Å². The van der Waals surface area contributed by atoms with Crippen LogP contribution in [0.25, 0.3) is 0 Å². The lowest BCUT2D eigenvalue weighted by Crippen LogP contribution is -2.33. The quantitative estimate of drug-likeness (QED) is 0.347. The number of hydrogen-bond donors (Lipinski definition) is 2. The number of hydrogen-bond acceptors (Lipinski definition) is 4. The van der Waals surface area contributed by atoms with Gasteiger partial charge in [0.05, 0.1) is 32.3 Å². The molecule has 31 heavy (non-hydrogen) atoms. The number of rotatable bonds is 7. The first-order chi connectivity index (χ1) is 14.7. The molecule has 0 saturated heterocycles. The molecule has 0 aliphatic rings. The minimum absolute atomic E-state index is 0.206. The van der Waals surface area contributed by atoms with Crippen LogP contribution in [0.15, 0.2) is 88.7 Å². The van der Waals surface area contributed by atoms with Crippen LogP contribution in [0.4, 0.5) is 0 Å². The molecule has 5 nitrogen and oxygen atoms in total. The summed E-state index contributed by atoms with van der Waals surface area (Å²) in [5.74, 6) is -2.00. The predicted molar refractivity (Wildman–Crippen MR) is 127 cm³/mol. The Morgan fingerprint density at radius 1 is 0.677 bits per heavy atom. The molecule has 3 aromatic carbocycles. The van der Waals surface area contributed by atoms with Crippen molar-refractivity contribution in [3.63, 3.8) is 0 Å². The van der Waals surface area contributed by atoms with Gasteiger partial charge in [0.1, 0.15) is 6.54 Å². The van der Waals surface area contributed by atoms with E-state index in [9.17, 15) is 9.59 Å². The summed E-state index contributed by atoms with van der Waals surface area (Å²) in [6, 6.07) is 23.8. The lowest BCUT2D eigenvalue weighted by atomic mass is 10.2. The number of carboxylic acids is 2. The lowest BCUT2D eigenvalue weighted by molar-refractivity contribution is -0.884. The maximum atomic E-state index is 11.1. The van der Waals surface area contributed by atoms with Gasteiger partial charge in [-0.25, -0.2) is 9.59 Å². The zero-order valence-electron chi connectivity index (χ0n) is 17.7. The molecule has 7 heteroatoms. The van der Waals surface area contributed by atoms with Crippen LogP contribution in [-0.2, 0) is 6.54 Å². The van der Waals surface area contributed by atoms with Crippen molar-refractivity contribution in [3.05, 3.63) is 95.6 Å². The Kier molecular flexibility index (Phi) is 9.18. The molecule has 0 amide bonds. The number of aromatic carboxylic acids is 2. The molecule has 0 saturated carbocycles. The van der Waals surface area contributed by atoms with E-state index < -0.39 is 11.9 Å². The zero-order chi connectivity index (χ0) is 22.9. The first-order valence-electron chi connectivity index (χ1n) is 9.51. The molecule has 0 unspecified atom stereocenters. The second-order valence-electron chi connectivity index (χ2n) is 7.70. The second-order valence-corrected chi connectivity index (χ2v) is 9.92. The monoisotopic (exact) mass is 456 g/mol. The fourth-order valence-corrected chi connectivity index (χ4v) is 5.00. The molecule has 0 aliphatic carbocycles. The normalized spacial score (nSPS) is 10.7. The molecule has 0 bridgehead atoms. The SMILES string of the molecule is C[N+](C)(C)Cc1ccccc1.O=C(O)c1ccccc1SSc1ccccc1C(=O)O. The fourth-order valence-electron chi connectivity index (χ4n) is 2.65. The molecule has 2 N–H and O–H groups in total. The highest BCUT2D eigenvalue weighted by atomic mass is 33.1. The molecule has 162 valence electrons. The lowest BCUT2D eigenvalue weighted by Gasteiger charge is -2.23. The van der Waals surface area contributed by atoms with Gasteiger partial charge < -0.3 is 14.7 Å². The Morgan fingerprint density at radius 2 is 1.06 bits per heavy atom. The molecule has 0 aromatic heterocycles. The van der Waals surface area contributed by atoms with Gasteiger partial charge in [-0.05, 0) is 24.3 Å².